The fraction of sp³-hybridized carbons (Fsp3) is 1.00. The molecule has 18 heavy (non-hydrogen) atoms. The summed E-state index contributed by atoms with van der Waals surface area (Å²) < 4.78 is 0. The van der Waals surface area contributed by atoms with Crippen LogP contribution in [0.2, 0.25) is 0 Å². The number of nitrogens with zero attached hydrogens (tertiary/aromatic N) is 1. The van der Waals surface area contributed by atoms with Crippen LogP contribution >= 0.6 is 0 Å². The molecule has 0 amide bonds. The van der Waals surface area contributed by atoms with Gasteiger partial charge in [0.15, 0.2) is 0 Å². The smallest absolute Gasteiger partial charge is 0.0243 e. The zero-order valence-corrected chi connectivity index (χ0v) is 12.8. The largest absolute Gasteiger partial charge is 0.312 e. The van der Waals surface area contributed by atoms with Gasteiger partial charge in [0, 0.05) is 24.7 Å². The number of hydrogen-bond donors (Lipinski definition) is 1. The Balaban J connectivity index is 1.89. The van der Waals surface area contributed by atoms with E-state index in [4.69, 9.17) is 0 Å². The van der Waals surface area contributed by atoms with Crippen molar-refractivity contribution in [3.63, 3.8) is 0 Å². The first kappa shape index (κ1) is 14.3. The summed E-state index contributed by atoms with van der Waals surface area (Å²) in [6.07, 6.45) is 8.50. The van der Waals surface area contributed by atoms with Gasteiger partial charge in [0.25, 0.3) is 0 Å². The Morgan fingerprint density at radius 3 is 2.33 bits per heavy atom. The predicted octanol–water partition coefficient (Wildman–Crippen LogP) is 3.27. The highest BCUT2D eigenvalue weighted by molar-refractivity contribution is 4.88. The first-order valence-corrected chi connectivity index (χ1v) is 8.05. The summed E-state index contributed by atoms with van der Waals surface area (Å²) in [5.41, 5.74) is 0. The van der Waals surface area contributed by atoms with Crippen LogP contribution in [0.15, 0.2) is 0 Å². The normalized spacial score (nSPS) is 31.0. The second kappa shape index (κ2) is 6.38. The van der Waals surface area contributed by atoms with Crippen LogP contribution in [0.3, 0.4) is 0 Å². The molecule has 3 atom stereocenters. The van der Waals surface area contributed by atoms with Crippen LogP contribution in [-0.4, -0.2) is 36.6 Å². The van der Waals surface area contributed by atoms with Crippen LogP contribution in [0.1, 0.15) is 59.3 Å². The van der Waals surface area contributed by atoms with Crippen molar-refractivity contribution in [1.29, 1.82) is 0 Å². The molecule has 0 saturated heterocycles. The SMILES string of the molecule is CC(C)C(CNC1CC1)N(C)C1CCCCC1C. The van der Waals surface area contributed by atoms with Gasteiger partial charge in [-0.1, -0.05) is 33.6 Å². The van der Waals surface area contributed by atoms with Crippen LogP contribution < -0.4 is 5.32 Å². The summed E-state index contributed by atoms with van der Waals surface area (Å²) in [6.45, 7) is 8.39. The van der Waals surface area contributed by atoms with E-state index in [9.17, 15) is 0 Å². The van der Waals surface area contributed by atoms with Crippen LogP contribution in [0.5, 0.6) is 0 Å². The van der Waals surface area contributed by atoms with Gasteiger partial charge in [0.1, 0.15) is 0 Å². The summed E-state index contributed by atoms with van der Waals surface area (Å²) in [5.74, 6) is 1.63. The van der Waals surface area contributed by atoms with Crippen LogP contribution in [0.25, 0.3) is 0 Å². The van der Waals surface area contributed by atoms with Crippen molar-refractivity contribution in [2.75, 3.05) is 13.6 Å². The first-order valence-electron chi connectivity index (χ1n) is 8.05. The van der Waals surface area contributed by atoms with E-state index in [0.29, 0.717) is 6.04 Å². The Morgan fingerprint density at radius 2 is 1.78 bits per heavy atom. The van der Waals surface area contributed by atoms with Gasteiger partial charge in [0.2, 0.25) is 0 Å². The maximum absolute atomic E-state index is 3.73. The molecular weight excluding hydrogens is 220 g/mol. The van der Waals surface area contributed by atoms with E-state index in [2.05, 4.69) is 38.0 Å². The van der Waals surface area contributed by atoms with Crippen LogP contribution in [-0.2, 0) is 0 Å². The molecule has 2 rings (SSSR count). The van der Waals surface area contributed by atoms with Gasteiger partial charge < -0.3 is 5.32 Å². The van der Waals surface area contributed by atoms with Gasteiger partial charge >= 0.3 is 0 Å². The standard InChI is InChI=1S/C16H32N2/c1-12(2)16(11-17-14-9-10-14)18(4)15-8-6-5-7-13(15)3/h12-17H,5-11H2,1-4H3. The minimum atomic E-state index is 0.705. The van der Waals surface area contributed by atoms with E-state index < -0.39 is 0 Å². The van der Waals surface area contributed by atoms with E-state index in [1.165, 1.54) is 45.1 Å². The van der Waals surface area contributed by atoms with Crippen molar-refractivity contribution < 1.29 is 0 Å². The van der Waals surface area contributed by atoms with E-state index >= 15 is 0 Å². The molecule has 2 aliphatic carbocycles. The molecule has 0 spiro atoms. The molecule has 0 aromatic carbocycles. The van der Waals surface area contributed by atoms with Crippen LogP contribution in [0, 0.1) is 11.8 Å². The Labute approximate surface area is 114 Å². The van der Waals surface area contributed by atoms with E-state index in [1.807, 2.05) is 0 Å². The molecule has 0 radical (unpaired) electrons. The number of nitrogens with one attached hydrogen (secondary N) is 1. The Morgan fingerprint density at radius 1 is 1.11 bits per heavy atom. The molecule has 0 aromatic rings. The molecule has 1 N–H and O–H groups in total. The molecular formula is C16H32N2. The van der Waals surface area contributed by atoms with Gasteiger partial charge in [-0.2, -0.15) is 0 Å². The fourth-order valence-electron chi connectivity index (χ4n) is 3.57. The summed E-state index contributed by atoms with van der Waals surface area (Å²) in [7, 11) is 2.37. The quantitative estimate of drug-likeness (QED) is 0.780. The van der Waals surface area contributed by atoms with Crippen molar-refractivity contribution in [3.8, 4) is 0 Å². The minimum Gasteiger partial charge on any atom is -0.312 e. The monoisotopic (exact) mass is 252 g/mol. The van der Waals surface area contributed by atoms with E-state index in [-0.39, 0.29) is 0 Å². The fourth-order valence-corrected chi connectivity index (χ4v) is 3.57. The molecule has 2 heteroatoms. The highest BCUT2D eigenvalue weighted by Gasteiger charge is 2.31. The van der Waals surface area contributed by atoms with Crippen molar-refractivity contribution in [2.45, 2.75) is 77.4 Å². The van der Waals surface area contributed by atoms with E-state index in [1.54, 1.807) is 0 Å². The van der Waals surface area contributed by atoms with Gasteiger partial charge in [-0.15, -0.1) is 0 Å². The van der Waals surface area contributed by atoms with E-state index in [0.717, 1.165) is 23.9 Å². The molecule has 2 aliphatic rings. The maximum Gasteiger partial charge on any atom is 0.0243 e. The molecule has 2 saturated carbocycles. The van der Waals surface area contributed by atoms with Crippen molar-refractivity contribution >= 4 is 0 Å². The molecule has 3 unspecified atom stereocenters. The third-order valence-electron chi connectivity index (χ3n) is 5.08. The molecule has 106 valence electrons. The third-order valence-corrected chi connectivity index (χ3v) is 5.08. The Hall–Kier alpha value is -0.0800. The number of likely N-dealkylation sites (N-methyl/N-ethyl adjacent to an activating group) is 1. The molecule has 2 fully saturated rings. The topological polar surface area (TPSA) is 15.3 Å². The van der Waals surface area contributed by atoms with Crippen molar-refractivity contribution in [1.82, 2.24) is 10.2 Å². The lowest BCUT2D eigenvalue weighted by Gasteiger charge is -2.42. The first-order chi connectivity index (χ1) is 8.59. The summed E-state index contributed by atoms with van der Waals surface area (Å²) in [4.78, 5) is 2.70. The zero-order valence-electron chi connectivity index (χ0n) is 12.8. The lowest BCUT2D eigenvalue weighted by molar-refractivity contribution is 0.0736. The molecule has 2 nitrogen and oxygen atoms in total. The maximum atomic E-state index is 3.73. The number of rotatable bonds is 6. The summed E-state index contributed by atoms with van der Waals surface area (Å²) in [6, 6.07) is 2.35. The minimum absolute atomic E-state index is 0.705. The lowest BCUT2D eigenvalue weighted by Crippen LogP contribution is -2.51. The average Bonchev–Trinajstić information content (AvgIpc) is 3.13. The average molecular weight is 252 g/mol. The van der Waals surface area contributed by atoms with Gasteiger partial charge in [-0.05, 0) is 44.6 Å². The molecule has 0 aliphatic heterocycles. The molecule has 0 aromatic heterocycles. The van der Waals surface area contributed by atoms with Crippen molar-refractivity contribution in [2.24, 2.45) is 11.8 Å². The lowest BCUT2D eigenvalue weighted by atomic mass is 9.83. The molecule has 0 bridgehead atoms. The highest BCUT2D eigenvalue weighted by Crippen LogP contribution is 2.30. The van der Waals surface area contributed by atoms with Gasteiger partial charge in [0.05, 0.1) is 0 Å². The Bertz CT molecular complexity index is 247. The van der Waals surface area contributed by atoms with Crippen LogP contribution in [0.4, 0.5) is 0 Å². The van der Waals surface area contributed by atoms with Gasteiger partial charge in [-0.3, -0.25) is 4.90 Å². The second-order valence-electron chi connectivity index (χ2n) is 6.99. The highest BCUT2D eigenvalue weighted by atomic mass is 15.2. The third kappa shape index (κ3) is 3.71. The zero-order chi connectivity index (χ0) is 13.1. The van der Waals surface area contributed by atoms with Gasteiger partial charge in [-0.25, -0.2) is 0 Å². The predicted molar refractivity (Wildman–Crippen MR) is 78.8 cm³/mol. The molecule has 0 heterocycles. The van der Waals surface area contributed by atoms with Crippen molar-refractivity contribution in [3.05, 3.63) is 0 Å². The second-order valence-corrected chi connectivity index (χ2v) is 6.99. The number of hydrogen-bond acceptors (Lipinski definition) is 2. The summed E-state index contributed by atoms with van der Waals surface area (Å²) >= 11 is 0. The Kier molecular flexibility index (Phi) is 5.08. The summed E-state index contributed by atoms with van der Waals surface area (Å²) in [5, 5.41) is 3.73.